The maximum atomic E-state index is 12.6. The zero-order valence-corrected chi connectivity index (χ0v) is 20.7. The number of hydrogen-bond donors (Lipinski definition) is 0. The summed E-state index contributed by atoms with van der Waals surface area (Å²) in [6.07, 6.45) is -2.82. The molecule has 2 aliphatic rings. The van der Waals surface area contributed by atoms with Crippen LogP contribution < -0.4 is 0 Å². The van der Waals surface area contributed by atoms with E-state index < -0.39 is 42.5 Å². The van der Waals surface area contributed by atoms with Gasteiger partial charge in [0.25, 0.3) is 0 Å². The highest BCUT2D eigenvalue weighted by Gasteiger charge is 2.58. The van der Waals surface area contributed by atoms with E-state index in [1.54, 1.807) is 0 Å². The second-order valence-corrected chi connectivity index (χ2v) is 9.23. The molecule has 2 fully saturated rings. The molecular formula is C29H29N3O6. The first-order valence-corrected chi connectivity index (χ1v) is 12.6. The predicted octanol–water partition coefficient (Wildman–Crippen LogP) is 4.95. The Labute approximate surface area is 220 Å². The van der Waals surface area contributed by atoms with Gasteiger partial charge >= 0.3 is 5.97 Å². The lowest BCUT2D eigenvalue weighted by atomic mass is 9.86. The quantitative estimate of drug-likeness (QED) is 0.155. The van der Waals surface area contributed by atoms with E-state index in [0.29, 0.717) is 13.2 Å². The van der Waals surface area contributed by atoms with Crippen LogP contribution in [-0.2, 0) is 48.3 Å². The fourth-order valence-electron chi connectivity index (χ4n) is 4.82. The molecule has 9 heteroatoms. The van der Waals surface area contributed by atoms with Crippen LogP contribution in [0.1, 0.15) is 16.7 Å². The SMILES string of the molecule is [N-]=[N+]=N[C@@H]1C(=O)O[C@H]2O[C@H](COCc3ccccc3)[C@@H](OCc3ccccc3)[C@H](OCc3ccccc3)[C@H]21. The molecule has 0 unspecified atom stereocenters. The first kappa shape index (κ1) is 25.9. The zero-order valence-electron chi connectivity index (χ0n) is 20.7. The Bertz CT molecular complexity index is 1220. The normalized spacial score (nSPS) is 26.3. The highest BCUT2D eigenvalue weighted by Crippen LogP contribution is 2.40. The second-order valence-electron chi connectivity index (χ2n) is 9.23. The van der Waals surface area contributed by atoms with Crippen molar-refractivity contribution >= 4 is 5.97 Å². The van der Waals surface area contributed by atoms with Gasteiger partial charge in [-0.1, -0.05) is 96.1 Å². The van der Waals surface area contributed by atoms with Gasteiger partial charge in [-0.3, -0.25) is 4.79 Å². The maximum Gasteiger partial charge on any atom is 0.317 e. The van der Waals surface area contributed by atoms with E-state index >= 15 is 0 Å². The summed E-state index contributed by atoms with van der Waals surface area (Å²) in [5.74, 6) is -1.31. The van der Waals surface area contributed by atoms with Gasteiger partial charge in [0.2, 0.25) is 6.29 Å². The van der Waals surface area contributed by atoms with Gasteiger partial charge in [-0.2, -0.15) is 0 Å². The molecule has 5 rings (SSSR count). The van der Waals surface area contributed by atoms with Crippen LogP contribution in [-0.4, -0.2) is 43.2 Å². The third kappa shape index (κ3) is 6.22. The molecule has 38 heavy (non-hydrogen) atoms. The van der Waals surface area contributed by atoms with E-state index in [9.17, 15) is 4.79 Å². The molecule has 2 saturated heterocycles. The third-order valence-electron chi connectivity index (χ3n) is 6.67. The fraction of sp³-hybridized carbons (Fsp3) is 0.345. The summed E-state index contributed by atoms with van der Waals surface area (Å²) in [4.78, 5) is 15.5. The van der Waals surface area contributed by atoms with Crippen molar-refractivity contribution in [2.45, 2.75) is 50.5 Å². The number of esters is 1. The average Bonchev–Trinajstić information content (AvgIpc) is 3.27. The Balaban J connectivity index is 1.40. The fourth-order valence-corrected chi connectivity index (χ4v) is 4.82. The lowest BCUT2D eigenvalue weighted by Gasteiger charge is -2.43. The molecule has 0 N–H and O–H groups in total. The van der Waals surface area contributed by atoms with Crippen molar-refractivity contribution in [3.63, 3.8) is 0 Å². The van der Waals surface area contributed by atoms with Crippen LogP contribution >= 0.6 is 0 Å². The van der Waals surface area contributed by atoms with Gasteiger partial charge in [0, 0.05) is 4.91 Å². The summed E-state index contributed by atoms with van der Waals surface area (Å²) >= 11 is 0. The third-order valence-corrected chi connectivity index (χ3v) is 6.67. The molecule has 0 radical (unpaired) electrons. The van der Waals surface area contributed by atoms with Crippen LogP contribution in [0.2, 0.25) is 0 Å². The molecule has 6 atom stereocenters. The molecule has 3 aromatic rings. The molecule has 0 amide bonds. The first-order valence-electron chi connectivity index (χ1n) is 12.6. The van der Waals surface area contributed by atoms with Gasteiger partial charge in [0.1, 0.15) is 18.2 Å². The number of carbonyl (C=O) groups is 1. The Morgan fingerprint density at radius 1 is 0.763 bits per heavy atom. The van der Waals surface area contributed by atoms with Crippen LogP contribution in [0.4, 0.5) is 0 Å². The van der Waals surface area contributed by atoms with Gasteiger partial charge in [0.15, 0.2) is 0 Å². The molecule has 0 bridgehead atoms. The molecule has 196 valence electrons. The number of rotatable bonds is 11. The number of fused-ring (bicyclic) bond motifs is 1. The zero-order chi connectivity index (χ0) is 26.2. The van der Waals surface area contributed by atoms with Crippen LogP contribution in [0.3, 0.4) is 0 Å². The van der Waals surface area contributed by atoms with E-state index in [1.807, 2.05) is 91.0 Å². The van der Waals surface area contributed by atoms with Gasteiger partial charge in [-0.05, 0) is 22.2 Å². The molecule has 0 saturated carbocycles. The van der Waals surface area contributed by atoms with Crippen LogP contribution in [0.25, 0.3) is 10.4 Å². The summed E-state index contributed by atoms with van der Waals surface area (Å²) in [5, 5.41) is 3.73. The number of nitrogens with zero attached hydrogens (tertiary/aromatic N) is 3. The Morgan fingerprint density at radius 3 is 1.84 bits per heavy atom. The Morgan fingerprint density at radius 2 is 1.29 bits per heavy atom. The van der Waals surface area contributed by atoms with E-state index in [1.165, 1.54) is 0 Å². The highest BCUT2D eigenvalue weighted by molar-refractivity contribution is 5.79. The lowest BCUT2D eigenvalue weighted by molar-refractivity contribution is -0.280. The van der Waals surface area contributed by atoms with E-state index in [4.69, 9.17) is 29.2 Å². The number of azide groups is 1. The minimum absolute atomic E-state index is 0.187. The molecule has 0 aliphatic carbocycles. The summed E-state index contributed by atoms with van der Waals surface area (Å²) in [7, 11) is 0. The number of carbonyl (C=O) groups excluding carboxylic acids is 1. The Kier molecular flexibility index (Phi) is 8.65. The maximum absolute atomic E-state index is 12.6. The van der Waals surface area contributed by atoms with E-state index in [0.717, 1.165) is 16.7 Å². The van der Waals surface area contributed by atoms with Crippen molar-refractivity contribution in [2.75, 3.05) is 6.61 Å². The second kappa shape index (κ2) is 12.7. The molecular weight excluding hydrogens is 486 g/mol. The first-order chi connectivity index (χ1) is 18.7. The summed E-state index contributed by atoms with van der Waals surface area (Å²) in [6, 6.07) is 28.2. The minimum atomic E-state index is -1.08. The molecule has 0 spiro atoms. The highest BCUT2D eigenvalue weighted by atomic mass is 16.7. The van der Waals surface area contributed by atoms with Crippen molar-refractivity contribution in [1.29, 1.82) is 0 Å². The summed E-state index contributed by atoms with van der Waals surface area (Å²) in [6.45, 7) is 1.14. The Hall–Kier alpha value is -3.72. The van der Waals surface area contributed by atoms with Crippen molar-refractivity contribution in [3.8, 4) is 0 Å². The monoisotopic (exact) mass is 515 g/mol. The average molecular weight is 516 g/mol. The molecule has 9 nitrogen and oxygen atoms in total. The molecule has 2 heterocycles. The molecule has 3 aromatic carbocycles. The standard InChI is InChI=1S/C29H29N3O6/c30-32-31-25-24-27(36-18-22-14-8-3-9-15-22)26(35-17-21-12-6-2-7-13-21)23(37-29(24)38-28(25)33)19-34-16-20-10-4-1-5-11-20/h1-15,23-27,29H,16-19H2/t23-,24-,25+,26-,27-,29-/m1/s1. The molecule has 2 aliphatic heterocycles. The van der Waals surface area contributed by atoms with E-state index in [2.05, 4.69) is 10.0 Å². The predicted molar refractivity (Wildman–Crippen MR) is 137 cm³/mol. The molecule has 0 aromatic heterocycles. The van der Waals surface area contributed by atoms with Crippen LogP contribution in [0.5, 0.6) is 0 Å². The number of ether oxygens (including phenoxy) is 5. The van der Waals surface area contributed by atoms with Gasteiger partial charge in [-0.15, -0.1) is 0 Å². The smallest absolute Gasteiger partial charge is 0.317 e. The summed E-state index contributed by atoms with van der Waals surface area (Å²) < 4.78 is 30.6. The largest absolute Gasteiger partial charge is 0.435 e. The number of hydrogen-bond acceptors (Lipinski definition) is 7. The number of benzene rings is 3. The topological polar surface area (TPSA) is 112 Å². The van der Waals surface area contributed by atoms with Crippen molar-refractivity contribution in [2.24, 2.45) is 11.0 Å². The summed E-state index contributed by atoms with van der Waals surface area (Å²) in [5.41, 5.74) is 12.1. The van der Waals surface area contributed by atoms with Crippen molar-refractivity contribution in [1.82, 2.24) is 0 Å². The van der Waals surface area contributed by atoms with Crippen molar-refractivity contribution in [3.05, 3.63) is 118 Å². The van der Waals surface area contributed by atoms with Gasteiger partial charge in [-0.25, -0.2) is 0 Å². The van der Waals surface area contributed by atoms with Crippen LogP contribution in [0, 0.1) is 5.92 Å². The van der Waals surface area contributed by atoms with Gasteiger partial charge < -0.3 is 23.7 Å². The van der Waals surface area contributed by atoms with E-state index in [-0.39, 0.29) is 13.2 Å². The minimum Gasteiger partial charge on any atom is -0.435 e. The van der Waals surface area contributed by atoms with Crippen molar-refractivity contribution < 1.29 is 28.5 Å². The van der Waals surface area contributed by atoms with Crippen LogP contribution in [0.15, 0.2) is 96.1 Å². The lowest BCUT2D eigenvalue weighted by Crippen LogP contribution is -2.58. The van der Waals surface area contributed by atoms with Gasteiger partial charge in [0.05, 0.1) is 38.4 Å².